The fourth-order valence-electron chi connectivity index (χ4n) is 1.12. The summed E-state index contributed by atoms with van der Waals surface area (Å²) in [7, 11) is 0. The highest BCUT2D eigenvalue weighted by Gasteiger charge is 2.01. The van der Waals surface area contributed by atoms with Gasteiger partial charge < -0.3 is 5.73 Å². The molecular weight excluding hydrogens is 166 g/mol. The minimum absolute atomic E-state index is 0.0725. The summed E-state index contributed by atoms with van der Waals surface area (Å²) in [5.41, 5.74) is 8.09. The van der Waals surface area contributed by atoms with Crippen molar-refractivity contribution in [2.45, 2.75) is 13.5 Å². The predicted molar refractivity (Wildman–Crippen MR) is 51.2 cm³/mol. The van der Waals surface area contributed by atoms with Crippen LogP contribution in [-0.4, -0.2) is 5.84 Å². The largest absolute Gasteiger partial charge is 0.384 e. The molecular formula is C9H13N3O. The van der Waals surface area contributed by atoms with Crippen LogP contribution >= 0.6 is 0 Å². The molecule has 0 bridgehead atoms. The van der Waals surface area contributed by atoms with E-state index in [2.05, 4.69) is 4.84 Å². The van der Waals surface area contributed by atoms with Crippen molar-refractivity contribution in [2.75, 3.05) is 0 Å². The second-order valence-electron chi connectivity index (χ2n) is 2.87. The molecule has 5 N–H and O–H groups in total. The van der Waals surface area contributed by atoms with Crippen molar-refractivity contribution in [3.05, 3.63) is 34.9 Å². The molecule has 0 aliphatic rings. The SMILES string of the molecule is Cc1cc(C(=N)N)ccc1CON. The number of nitrogen functional groups attached to an aromatic ring is 1. The molecule has 0 aliphatic carbocycles. The lowest BCUT2D eigenvalue weighted by molar-refractivity contribution is 0.123. The molecule has 1 rings (SSSR count). The lowest BCUT2D eigenvalue weighted by Gasteiger charge is -2.05. The molecule has 0 heterocycles. The van der Waals surface area contributed by atoms with E-state index in [1.54, 1.807) is 6.07 Å². The Balaban J connectivity index is 2.98. The van der Waals surface area contributed by atoms with E-state index >= 15 is 0 Å². The number of aryl methyl sites for hydroxylation is 1. The maximum absolute atomic E-state index is 7.23. The van der Waals surface area contributed by atoms with E-state index < -0.39 is 0 Å². The number of amidine groups is 1. The van der Waals surface area contributed by atoms with Crippen molar-refractivity contribution in [2.24, 2.45) is 11.6 Å². The summed E-state index contributed by atoms with van der Waals surface area (Å²) in [6, 6.07) is 5.49. The lowest BCUT2D eigenvalue weighted by atomic mass is 10.1. The zero-order chi connectivity index (χ0) is 9.84. The number of nitrogens with one attached hydrogen (secondary N) is 1. The highest BCUT2D eigenvalue weighted by atomic mass is 16.6. The van der Waals surface area contributed by atoms with Crippen molar-refractivity contribution in [1.82, 2.24) is 0 Å². The van der Waals surface area contributed by atoms with E-state index in [9.17, 15) is 0 Å². The van der Waals surface area contributed by atoms with Gasteiger partial charge in [0.2, 0.25) is 0 Å². The van der Waals surface area contributed by atoms with Crippen LogP contribution in [0.3, 0.4) is 0 Å². The Bertz CT molecular complexity index is 323. The van der Waals surface area contributed by atoms with Crippen LogP contribution in [0.5, 0.6) is 0 Å². The van der Waals surface area contributed by atoms with Crippen LogP contribution in [0.25, 0.3) is 0 Å². The second-order valence-corrected chi connectivity index (χ2v) is 2.87. The summed E-state index contributed by atoms with van der Waals surface area (Å²) >= 11 is 0. The maximum Gasteiger partial charge on any atom is 0.122 e. The van der Waals surface area contributed by atoms with Crippen LogP contribution in [0.15, 0.2) is 18.2 Å². The average molecular weight is 179 g/mol. The van der Waals surface area contributed by atoms with Crippen LogP contribution in [0, 0.1) is 12.3 Å². The third-order valence-electron chi connectivity index (χ3n) is 1.89. The van der Waals surface area contributed by atoms with E-state index in [-0.39, 0.29) is 5.84 Å². The molecule has 0 radical (unpaired) electrons. The molecule has 4 heteroatoms. The molecule has 0 amide bonds. The van der Waals surface area contributed by atoms with Gasteiger partial charge in [0.15, 0.2) is 0 Å². The summed E-state index contributed by atoms with van der Waals surface area (Å²) in [6.45, 7) is 2.31. The van der Waals surface area contributed by atoms with Crippen molar-refractivity contribution in [3.8, 4) is 0 Å². The first-order valence-corrected chi connectivity index (χ1v) is 3.90. The fourth-order valence-corrected chi connectivity index (χ4v) is 1.12. The minimum Gasteiger partial charge on any atom is -0.384 e. The van der Waals surface area contributed by atoms with Gasteiger partial charge in [-0.15, -0.1) is 0 Å². The maximum atomic E-state index is 7.23. The molecule has 70 valence electrons. The quantitative estimate of drug-likeness (QED) is 0.362. The zero-order valence-electron chi connectivity index (χ0n) is 7.50. The normalized spacial score (nSPS) is 10.0. The summed E-state index contributed by atoms with van der Waals surface area (Å²) in [4.78, 5) is 4.52. The van der Waals surface area contributed by atoms with E-state index in [4.69, 9.17) is 17.0 Å². The van der Waals surface area contributed by atoms with Gasteiger partial charge in [0, 0.05) is 5.56 Å². The van der Waals surface area contributed by atoms with Crippen LogP contribution in [-0.2, 0) is 11.4 Å². The highest BCUT2D eigenvalue weighted by molar-refractivity contribution is 5.95. The Morgan fingerprint density at radius 1 is 1.54 bits per heavy atom. The van der Waals surface area contributed by atoms with Crippen LogP contribution in [0.4, 0.5) is 0 Å². The summed E-state index contributed by atoms with van der Waals surface area (Å²) in [5, 5.41) is 7.23. The first-order valence-electron chi connectivity index (χ1n) is 3.90. The van der Waals surface area contributed by atoms with Gasteiger partial charge in [0.05, 0.1) is 6.61 Å². The number of nitrogens with two attached hydrogens (primary N) is 2. The molecule has 0 atom stereocenters. The Morgan fingerprint density at radius 2 is 2.23 bits per heavy atom. The number of benzene rings is 1. The minimum atomic E-state index is 0.0725. The molecule has 0 aliphatic heterocycles. The van der Waals surface area contributed by atoms with Gasteiger partial charge in [-0.05, 0) is 24.1 Å². The smallest absolute Gasteiger partial charge is 0.122 e. The Morgan fingerprint density at radius 3 is 2.69 bits per heavy atom. The van der Waals surface area contributed by atoms with Crippen molar-refractivity contribution in [3.63, 3.8) is 0 Å². The van der Waals surface area contributed by atoms with Gasteiger partial charge >= 0.3 is 0 Å². The molecule has 1 aromatic carbocycles. The Labute approximate surface area is 77.0 Å². The molecule has 13 heavy (non-hydrogen) atoms. The zero-order valence-corrected chi connectivity index (χ0v) is 7.50. The topological polar surface area (TPSA) is 85.1 Å². The van der Waals surface area contributed by atoms with Gasteiger partial charge in [-0.1, -0.05) is 12.1 Å². The van der Waals surface area contributed by atoms with Crippen molar-refractivity contribution < 1.29 is 4.84 Å². The third-order valence-corrected chi connectivity index (χ3v) is 1.89. The van der Waals surface area contributed by atoms with Gasteiger partial charge in [0.25, 0.3) is 0 Å². The van der Waals surface area contributed by atoms with E-state index in [1.165, 1.54) is 0 Å². The summed E-state index contributed by atoms with van der Waals surface area (Å²) < 4.78 is 0. The van der Waals surface area contributed by atoms with Gasteiger partial charge in [-0.2, -0.15) is 0 Å². The summed E-state index contributed by atoms with van der Waals surface area (Å²) in [6.07, 6.45) is 0. The molecule has 0 saturated heterocycles. The number of rotatable bonds is 3. The van der Waals surface area contributed by atoms with Gasteiger partial charge in [0.1, 0.15) is 5.84 Å². The van der Waals surface area contributed by atoms with Crippen molar-refractivity contribution in [1.29, 1.82) is 5.41 Å². The first-order chi connectivity index (χ1) is 6.15. The summed E-state index contributed by atoms with van der Waals surface area (Å²) in [5.74, 6) is 5.03. The van der Waals surface area contributed by atoms with E-state index in [0.717, 1.165) is 16.7 Å². The lowest BCUT2D eigenvalue weighted by Crippen LogP contribution is -2.11. The van der Waals surface area contributed by atoms with Gasteiger partial charge in [-0.25, -0.2) is 5.90 Å². The number of hydrogen-bond acceptors (Lipinski definition) is 3. The Kier molecular flexibility index (Phi) is 3.00. The first kappa shape index (κ1) is 9.70. The molecule has 1 aromatic rings. The molecule has 4 nitrogen and oxygen atoms in total. The fraction of sp³-hybridized carbons (Fsp3) is 0.222. The van der Waals surface area contributed by atoms with E-state index in [0.29, 0.717) is 6.61 Å². The van der Waals surface area contributed by atoms with E-state index in [1.807, 2.05) is 19.1 Å². The second kappa shape index (κ2) is 4.02. The van der Waals surface area contributed by atoms with Crippen LogP contribution in [0.1, 0.15) is 16.7 Å². The highest BCUT2D eigenvalue weighted by Crippen LogP contribution is 2.11. The predicted octanol–water partition coefficient (Wildman–Crippen LogP) is 0.669. The molecule has 0 spiro atoms. The molecule has 0 saturated carbocycles. The molecule has 0 aromatic heterocycles. The number of hydrogen-bond donors (Lipinski definition) is 3. The monoisotopic (exact) mass is 179 g/mol. The Hall–Kier alpha value is -1.39. The van der Waals surface area contributed by atoms with Crippen LogP contribution in [0.2, 0.25) is 0 Å². The standard InChI is InChI=1S/C9H13N3O/c1-6-4-7(9(10)11)2-3-8(6)5-13-12/h2-4H,5,12H2,1H3,(H3,10,11). The molecule has 0 fully saturated rings. The average Bonchev–Trinajstić information content (AvgIpc) is 2.08. The molecule has 0 unspecified atom stereocenters. The van der Waals surface area contributed by atoms with Crippen molar-refractivity contribution >= 4 is 5.84 Å². The van der Waals surface area contributed by atoms with Crippen LogP contribution < -0.4 is 11.6 Å². The third kappa shape index (κ3) is 2.27. The van der Waals surface area contributed by atoms with Gasteiger partial charge in [-0.3, -0.25) is 10.2 Å².